The standard InChI is InChI=1S/C9H7F3N2O6/c1-18-7-4(20-9(10,11)12)3-13-5(8(15)19-2)6(7)14(16)17/h3H,1-2H3. The quantitative estimate of drug-likeness (QED) is 0.473. The third kappa shape index (κ3) is 3.24. The number of halogens is 3. The Morgan fingerprint density at radius 3 is 2.40 bits per heavy atom. The Kier molecular flexibility index (Phi) is 4.32. The first-order valence-corrected chi connectivity index (χ1v) is 4.76. The largest absolute Gasteiger partial charge is 0.573 e. The maximum atomic E-state index is 12.1. The van der Waals surface area contributed by atoms with Crippen molar-refractivity contribution < 1.29 is 37.1 Å². The number of alkyl halides is 3. The summed E-state index contributed by atoms with van der Waals surface area (Å²) in [5, 5.41) is 10.9. The van der Waals surface area contributed by atoms with Gasteiger partial charge in [0.05, 0.1) is 25.3 Å². The van der Waals surface area contributed by atoms with Crippen LogP contribution in [0.2, 0.25) is 0 Å². The van der Waals surface area contributed by atoms with Crippen molar-refractivity contribution in [1.82, 2.24) is 4.98 Å². The number of hydrogen-bond donors (Lipinski definition) is 0. The van der Waals surface area contributed by atoms with Gasteiger partial charge in [-0.2, -0.15) is 0 Å². The Balaban J connectivity index is 3.49. The van der Waals surface area contributed by atoms with E-state index in [1.165, 1.54) is 0 Å². The van der Waals surface area contributed by atoms with E-state index in [4.69, 9.17) is 0 Å². The summed E-state index contributed by atoms with van der Waals surface area (Å²) in [6.45, 7) is 0. The molecular formula is C9H7F3N2O6. The number of hydrogen-bond acceptors (Lipinski definition) is 7. The van der Waals surface area contributed by atoms with Crippen molar-refractivity contribution in [3.05, 3.63) is 22.0 Å². The highest BCUT2D eigenvalue weighted by atomic mass is 19.4. The molecule has 0 aliphatic rings. The van der Waals surface area contributed by atoms with Gasteiger partial charge in [-0.15, -0.1) is 13.2 Å². The highest BCUT2D eigenvalue weighted by Gasteiger charge is 2.37. The molecule has 1 heterocycles. The third-order valence-electron chi connectivity index (χ3n) is 1.97. The molecule has 0 saturated heterocycles. The molecule has 110 valence electrons. The molecular weight excluding hydrogens is 289 g/mol. The van der Waals surface area contributed by atoms with E-state index in [0.717, 1.165) is 14.2 Å². The Bertz CT molecular complexity index is 545. The number of ether oxygens (including phenoxy) is 3. The zero-order valence-corrected chi connectivity index (χ0v) is 10.1. The monoisotopic (exact) mass is 296 g/mol. The number of nitrogens with zero attached hydrogens (tertiary/aromatic N) is 2. The van der Waals surface area contributed by atoms with Gasteiger partial charge in [0.25, 0.3) is 0 Å². The molecule has 0 spiro atoms. The number of pyridine rings is 1. The minimum absolute atomic E-state index is 0.478. The summed E-state index contributed by atoms with van der Waals surface area (Å²) in [7, 11) is 1.81. The molecule has 0 bridgehead atoms. The molecule has 0 atom stereocenters. The predicted octanol–water partition coefficient (Wildman–Crippen LogP) is 1.68. The highest BCUT2D eigenvalue weighted by Crippen LogP contribution is 2.40. The Hall–Kier alpha value is -2.59. The maximum Gasteiger partial charge on any atom is 0.573 e. The number of rotatable bonds is 4. The average Bonchev–Trinajstić information content (AvgIpc) is 2.35. The topological polar surface area (TPSA) is 101 Å². The summed E-state index contributed by atoms with van der Waals surface area (Å²) in [5.74, 6) is -3.13. The predicted molar refractivity (Wildman–Crippen MR) is 55.5 cm³/mol. The number of carbonyl (C=O) groups is 1. The van der Waals surface area contributed by atoms with Crippen LogP contribution in [0.1, 0.15) is 10.5 Å². The number of carbonyl (C=O) groups excluding carboxylic acids is 1. The van der Waals surface area contributed by atoms with Gasteiger partial charge >= 0.3 is 18.0 Å². The van der Waals surface area contributed by atoms with Crippen LogP contribution in [0.25, 0.3) is 0 Å². The number of esters is 1. The van der Waals surface area contributed by atoms with Crippen LogP contribution in [0, 0.1) is 10.1 Å². The minimum Gasteiger partial charge on any atom is -0.487 e. The summed E-state index contributed by atoms with van der Waals surface area (Å²) >= 11 is 0. The van der Waals surface area contributed by atoms with Crippen LogP contribution in [-0.2, 0) is 4.74 Å². The Labute approximate surface area is 109 Å². The van der Waals surface area contributed by atoms with Gasteiger partial charge in [0.15, 0.2) is 5.75 Å². The van der Waals surface area contributed by atoms with E-state index in [-0.39, 0.29) is 0 Å². The van der Waals surface area contributed by atoms with Crippen molar-refractivity contribution in [3.8, 4) is 11.5 Å². The van der Waals surface area contributed by atoms with Gasteiger partial charge in [0.2, 0.25) is 11.4 Å². The molecule has 0 N–H and O–H groups in total. The Morgan fingerprint density at radius 2 is 2.00 bits per heavy atom. The van der Waals surface area contributed by atoms with E-state index in [9.17, 15) is 28.1 Å². The zero-order valence-electron chi connectivity index (χ0n) is 10.1. The van der Waals surface area contributed by atoms with Crippen LogP contribution in [0.15, 0.2) is 6.20 Å². The van der Waals surface area contributed by atoms with E-state index in [2.05, 4.69) is 19.2 Å². The molecule has 0 saturated carbocycles. The smallest absolute Gasteiger partial charge is 0.487 e. The van der Waals surface area contributed by atoms with Crippen molar-refractivity contribution in [2.45, 2.75) is 6.36 Å². The molecule has 20 heavy (non-hydrogen) atoms. The maximum absolute atomic E-state index is 12.1. The number of methoxy groups -OCH3 is 2. The van der Waals surface area contributed by atoms with Crippen LogP contribution in [0.4, 0.5) is 18.9 Å². The lowest BCUT2D eigenvalue weighted by molar-refractivity contribution is -0.386. The molecule has 1 aromatic rings. The summed E-state index contributed by atoms with van der Waals surface area (Å²) in [6, 6.07) is 0. The van der Waals surface area contributed by atoms with E-state index in [1.807, 2.05) is 0 Å². The first kappa shape index (κ1) is 15.5. The lowest BCUT2D eigenvalue weighted by atomic mass is 10.2. The van der Waals surface area contributed by atoms with Gasteiger partial charge in [0, 0.05) is 0 Å². The van der Waals surface area contributed by atoms with Gasteiger partial charge in [-0.05, 0) is 0 Å². The molecule has 0 fully saturated rings. The lowest BCUT2D eigenvalue weighted by Crippen LogP contribution is -2.19. The second-order valence-electron chi connectivity index (χ2n) is 3.15. The van der Waals surface area contributed by atoms with Crippen molar-refractivity contribution >= 4 is 11.7 Å². The van der Waals surface area contributed by atoms with Crippen LogP contribution >= 0.6 is 0 Å². The summed E-state index contributed by atoms with van der Waals surface area (Å²) in [6.07, 6.45) is -4.62. The molecule has 8 nitrogen and oxygen atoms in total. The van der Waals surface area contributed by atoms with Gasteiger partial charge in [-0.3, -0.25) is 10.1 Å². The third-order valence-corrected chi connectivity index (χ3v) is 1.97. The molecule has 0 aliphatic heterocycles. The Morgan fingerprint density at radius 1 is 1.40 bits per heavy atom. The van der Waals surface area contributed by atoms with Crippen molar-refractivity contribution in [1.29, 1.82) is 0 Å². The van der Waals surface area contributed by atoms with E-state index < -0.39 is 40.1 Å². The van der Waals surface area contributed by atoms with Gasteiger partial charge in [0.1, 0.15) is 0 Å². The number of nitro groups is 1. The van der Waals surface area contributed by atoms with Crippen molar-refractivity contribution in [2.75, 3.05) is 14.2 Å². The molecule has 1 rings (SSSR count). The molecule has 0 amide bonds. The first-order valence-electron chi connectivity index (χ1n) is 4.76. The fourth-order valence-electron chi connectivity index (χ4n) is 1.28. The molecule has 1 aromatic heterocycles. The fourth-order valence-corrected chi connectivity index (χ4v) is 1.28. The van der Waals surface area contributed by atoms with Crippen molar-refractivity contribution in [3.63, 3.8) is 0 Å². The minimum atomic E-state index is -5.10. The number of aromatic nitrogens is 1. The molecule has 0 aromatic carbocycles. The molecule has 0 unspecified atom stereocenters. The van der Waals surface area contributed by atoms with E-state index >= 15 is 0 Å². The van der Waals surface area contributed by atoms with E-state index in [1.54, 1.807) is 0 Å². The van der Waals surface area contributed by atoms with Gasteiger partial charge < -0.3 is 14.2 Å². The summed E-state index contributed by atoms with van der Waals surface area (Å²) < 4.78 is 48.7. The van der Waals surface area contributed by atoms with Crippen LogP contribution in [0.3, 0.4) is 0 Å². The molecule has 0 radical (unpaired) electrons. The summed E-state index contributed by atoms with van der Waals surface area (Å²) in [4.78, 5) is 24.3. The summed E-state index contributed by atoms with van der Waals surface area (Å²) in [5.41, 5.74) is -1.88. The zero-order chi connectivity index (χ0) is 15.5. The second-order valence-corrected chi connectivity index (χ2v) is 3.15. The van der Waals surface area contributed by atoms with Crippen molar-refractivity contribution in [2.24, 2.45) is 0 Å². The lowest BCUT2D eigenvalue weighted by Gasteiger charge is -2.12. The highest BCUT2D eigenvalue weighted by molar-refractivity contribution is 5.93. The normalized spacial score (nSPS) is 10.8. The van der Waals surface area contributed by atoms with Crippen LogP contribution in [0.5, 0.6) is 11.5 Å². The molecule has 0 aliphatic carbocycles. The fraction of sp³-hybridized carbons (Fsp3) is 0.333. The van der Waals surface area contributed by atoms with Crippen LogP contribution in [-0.4, -0.2) is 36.5 Å². The second kappa shape index (κ2) is 5.59. The average molecular weight is 296 g/mol. The first-order chi connectivity index (χ1) is 9.21. The van der Waals surface area contributed by atoms with Gasteiger partial charge in [-0.1, -0.05) is 0 Å². The molecule has 11 heteroatoms. The van der Waals surface area contributed by atoms with E-state index in [0.29, 0.717) is 6.20 Å². The SMILES string of the molecule is COC(=O)c1ncc(OC(F)(F)F)c(OC)c1[N+](=O)[O-]. The van der Waals surface area contributed by atoms with Crippen LogP contribution < -0.4 is 9.47 Å². The van der Waals surface area contributed by atoms with Gasteiger partial charge in [-0.25, -0.2) is 9.78 Å².